The zero-order chi connectivity index (χ0) is 22.8. The predicted molar refractivity (Wildman–Crippen MR) is 130 cm³/mol. The van der Waals surface area contributed by atoms with Crippen LogP contribution in [0.5, 0.6) is 5.75 Å². The van der Waals surface area contributed by atoms with Crippen LogP contribution >= 0.6 is 0 Å². The number of nitrogens with zero attached hydrogens (tertiary/aromatic N) is 2. The topological polar surface area (TPSA) is 66.0 Å². The van der Waals surface area contributed by atoms with Crippen molar-refractivity contribution in [1.82, 2.24) is 15.5 Å². The molecule has 1 aliphatic rings. The van der Waals surface area contributed by atoms with Crippen LogP contribution in [0.3, 0.4) is 0 Å². The summed E-state index contributed by atoms with van der Waals surface area (Å²) in [4.78, 5) is 18.9. The highest BCUT2D eigenvalue weighted by molar-refractivity contribution is 5.94. The lowest BCUT2D eigenvalue weighted by molar-refractivity contribution is 0.0724. The van der Waals surface area contributed by atoms with Crippen LogP contribution in [-0.4, -0.2) is 50.6 Å². The molecule has 0 spiro atoms. The molecular formula is C26H36N4O2. The smallest absolute Gasteiger partial charge is 0.253 e. The highest BCUT2D eigenvalue weighted by Crippen LogP contribution is 2.21. The van der Waals surface area contributed by atoms with Crippen molar-refractivity contribution in [1.29, 1.82) is 0 Å². The SMILES string of the molecule is CN=C(NCCC(C)c1ccc(OC)cc1)NCc1ccc(C(=O)N2CCCCC2)cc1. The zero-order valence-electron chi connectivity index (χ0n) is 19.6. The first-order valence-corrected chi connectivity index (χ1v) is 11.6. The van der Waals surface area contributed by atoms with Crippen molar-refractivity contribution in [2.45, 2.75) is 45.1 Å². The van der Waals surface area contributed by atoms with Gasteiger partial charge in [-0.25, -0.2) is 0 Å². The maximum Gasteiger partial charge on any atom is 0.253 e. The molecule has 2 aromatic rings. The second-order valence-corrected chi connectivity index (χ2v) is 8.37. The van der Waals surface area contributed by atoms with E-state index in [9.17, 15) is 4.79 Å². The molecule has 1 saturated heterocycles. The first-order chi connectivity index (χ1) is 15.6. The fourth-order valence-corrected chi connectivity index (χ4v) is 3.96. The largest absolute Gasteiger partial charge is 0.497 e. The number of carbonyl (C=O) groups is 1. The molecule has 0 saturated carbocycles. The predicted octanol–water partition coefficient (Wildman–Crippen LogP) is 4.18. The molecular weight excluding hydrogens is 400 g/mol. The molecule has 1 amide bonds. The van der Waals surface area contributed by atoms with Gasteiger partial charge in [0.25, 0.3) is 5.91 Å². The van der Waals surface area contributed by atoms with Crippen LogP contribution in [-0.2, 0) is 6.54 Å². The number of benzene rings is 2. The first-order valence-electron chi connectivity index (χ1n) is 11.6. The van der Waals surface area contributed by atoms with Gasteiger partial charge in [0.05, 0.1) is 7.11 Å². The minimum atomic E-state index is 0.146. The third kappa shape index (κ3) is 6.74. The molecule has 0 bridgehead atoms. The number of ether oxygens (including phenoxy) is 1. The molecule has 3 rings (SSSR count). The van der Waals surface area contributed by atoms with E-state index >= 15 is 0 Å². The molecule has 32 heavy (non-hydrogen) atoms. The standard InChI is InChI=1S/C26H36N4O2/c1-20(22-11-13-24(32-3)14-12-22)15-16-28-26(27-2)29-19-21-7-9-23(10-8-21)25(31)30-17-5-4-6-18-30/h7-14,20H,4-6,15-19H2,1-3H3,(H2,27,28,29). The van der Waals surface area contributed by atoms with Gasteiger partial charge in [0, 0.05) is 38.8 Å². The van der Waals surface area contributed by atoms with E-state index < -0.39 is 0 Å². The summed E-state index contributed by atoms with van der Waals surface area (Å²) in [7, 11) is 3.47. The second-order valence-electron chi connectivity index (χ2n) is 8.37. The van der Waals surface area contributed by atoms with E-state index in [1.165, 1.54) is 12.0 Å². The van der Waals surface area contributed by atoms with Gasteiger partial charge in [-0.2, -0.15) is 0 Å². The summed E-state index contributed by atoms with van der Waals surface area (Å²) >= 11 is 0. The van der Waals surface area contributed by atoms with E-state index in [0.29, 0.717) is 12.5 Å². The van der Waals surface area contributed by atoms with Gasteiger partial charge in [-0.15, -0.1) is 0 Å². The summed E-state index contributed by atoms with van der Waals surface area (Å²) in [5, 5.41) is 6.74. The fraction of sp³-hybridized carbons (Fsp3) is 0.462. The van der Waals surface area contributed by atoms with Gasteiger partial charge in [-0.05, 0) is 67.0 Å². The van der Waals surface area contributed by atoms with Crippen molar-refractivity contribution < 1.29 is 9.53 Å². The number of likely N-dealkylation sites (tertiary alicyclic amines) is 1. The maximum absolute atomic E-state index is 12.6. The quantitative estimate of drug-likeness (QED) is 0.481. The van der Waals surface area contributed by atoms with E-state index in [-0.39, 0.29) is 5.91 Å². The molecule has 1 fully saturated rings. The molecule has 1 atom stereocenters. The molecule has 2 aromatic carbocycles. The van der Waals surface area contributed by atoms with Crippen molar-refractivity contribution >= 4 is 11.9 Å². The molecule has 1 heterocycles. The van der Waals surface area contributed by atoms with Gasteiger partial charge in [0.2, 0.25) is 0 Å². The number of guanidine groups is 1. The second kappa shape index (κ2) is 12.1. The maximum atomic E-state index is 12.6. The van der Waals surface area contributed by atoms with Gasteiger partial charge in [-0.1, -0.05) is 31.2 Å². The minimum Gasteiger partial charge on any atom is -0.497 e. The molecule has 6 nitrogen and oxygen atoms in total. The summed E-state index contributed by atoms with van der Waals surface area (Å²) in [5.74, 6) is 2.25. The molecule has 0 aromatic heterocycles. The van der Waals surface area contributed by atoms with Crippen molar-refractivity contribution in [2.24, 2.45) is 4.99 Å². The van der Waals surface area contributed by atoms with Gasteiger partial charge < -0.3 is 20.3 Å². The molecule has 0 radical (unpaired) electrons. The molecule has 0 aliphatic carbocycles. The van der Waals surface area contributed by atoms with Gasteiger partial charge >= 0.3 is 0 Å². The number of carbonyl (C=O) groups excluding carboxylic acids is 1. The monoisotopic (exact) mass is 436 g/mol. The number of piperidine rings is 1. The van der Waals surface area contributed by atoms with Crippen molar-refractivity contribution in [3.63, 3.8) is 0 Å². The van der Waals surface area contributed by atoms with Crippen LogP contribution in [0.25, 0.3) is 0 Å². The third-order valence-electron chi connectivity index (χ3n) is 6.08. The number of amides is 1. The average molecular weight is 437 g/mol. The van der Waals surface area contributed by atoms with Gasteiger partial charge in [0.15, 0.2) is 5.96 Å². The van der Waals surface area contributed by atoms with E-state index in [4.69, 9.17) is 4.74 Å². The lowest BCUT2D eigenvalue weighted by atomic mass is 9.98. The van der Waals surface area contributed by atoms with E-state index in [0.717, 1.165) is 61.7 Å². The Labute approximate surface area is 192 Å². The molecule has 2 N–H and O–H groups in total. The minimum absolute atomic E-state index is 0.146. The van der Waals surface area contributed by atoms with Crippen molar-refractivity contribution in [2.75, 3.05) is 33.8 Å². The summed E-state index contributed by atoms with van der Waals surface area (Å²) in [5.41, 5.74) is 3.19. The number of methoxy groups -OCH3 is 1. The lowest BCUT2D eigenvalue weighted by Gasteiger charge is -2.26. The van der Waals surface area contributed by atoms with Crippen molar-refractivity contribution in [3.8, 4) is 5.75 Å². The normalized spacial score (nSPS) is 15.2. The number of rotatable bonds is 8. The summed E-state index contributed by atoms with van der Waals surface area (Å²) in [6.07, 6.45) is 4.45. The third-order valence-corrected chi connectivity index (χ3v) is 6.08. The average Bonchev–Trinajstić information content (AvgIpc) is 2.86. The van der Waals surface area contributed by atoms with E-state index in [1.807, 2.05) is 41.3 Å². The number of aliphatic imine (C=N–C) groups is 1. The summed E-state index contributed by atoms with van der Waals surface area (Å²) in [6.45, 7) is 5.47. The van der Waals surface area contributed by atoms with E-state index in [1.54, 1.807) is 14.2 Å². The first kappa shape index (κ1) is 23.6. The molecule has 1 aliphatic heterocycles. The van der Waals surface area contributed by atoms with Gasteiger partial charge in [-0.3, -0.25) is 9.79 Å². The van der Waals surface area contributed by atoms with Crippen LogP contribution in [0.1, 0.15) is 60.0 Å². The Morgan fingerprint density at radius 2 is 1.72 bits per heavy atom. The Bertz CT molecular complexity index is 872. The van der Waals surface area contributed by atoms with Crippen LogP contribution < -0.4 is 15.4 Å². The van der Waals surface area contributed by atoms with Crippen LogP contribution in [0, 0.1) is 0 Å². The lowest BCUT2D eigenvalue weighted by Crippen LogP contribution is -2.37. The van der Waals surface area contributed by atoms with Crippen LogP contribution in [0.4, 0.5) is 0 Å². The van der Waals surface area contributed by atoms with Crippen LogP contribution in [0.2, 0.25) is 0 Å². The highest BCUT2D eigenvalue weighted by Gasteiger charge is 2.17. The fourth-order valence-electron chi connectivity index (χ4n) is 3.96. The Balaban J connectivity index is 1.42. The Morgan fingerprint density at radius 3 is 2.34 bits per heavy atom. The molecule has 172 valence electrons. The zero-order valence-corrected chi connectivity index (χ0v) is 19.6. The molecule has 6 heteroatoms. The Morgan fingerprint density at radius 1 is 1.03 bits per heavy atom. The summed E-state index contributed by atoms with van der Waals surface area (Å²) in [6, 6.07) is 16.1. The van der Waals surface area contributed by atoms with E-state index in [2.05, 4.69) is 34.7 Å². The highest BCUT2D eigenvalue weighted by atomic mass is 16.5. The number of nitrogens with one attached hydrogen (secondary N) is 2. The number of hydrogen-bond acceptors (Lipinski definition) is 3. The Kier molecular flexibility index (Phi) is 8.96. The van der Waals surface area contributed by atoms with Crippen LogP contribution in [0.15, 0.2) is 53.5 Å². The van der Waals surface area contributed by atoms with Crippen molar-refractivity contribution in [3.05, 3.63) is 65.2 Å². The molecule has 1 unspecified atom stereocenters. The Hall–Kier alpha value is -3.02. The summed E-state index contributed by atoms with van der Waals surface area (Å²) < 4.78 is 5.23. The van der Waals surface area contributed by atoms with Gasteiger partial charge in [0.1, 0.15) is 5.75 Å². The number of hydrogen-bond donors (Lipinski definition) is 2.